The molecule has 0 radical (unpaired) electrons. The van der Waals surface area contributed by atoms with E-state index in [-0.39, 0.29) is 46.2 Å². The molecule has 73 heavy (non-hydrogen) atoms. The van der Waals surface area contributed by atoms with Crippen LogP contribution in [0.25, 0.3) is 0 Å². The third-order valence-electron chi connectivity index (χ3n) is 12.9. The Morgan fingerprint density at radius 2 is 0.548 bits per heavy atom. The van der Waals surface area contributed by atoms with Crippen molar-refractivity contribution in [3.05, 3.63) is 251 Å². The Kier molecular flexibility index (Phi) is 19.9. The second kappa shape index (κ2) is 28.0. The Bertz CT molecular complexity index is 2560. The molecule has 0 aliphatic carbocycles. The van der Waals surface area contributed by atoms with Gasteiger partial charge in [-0.25, -0.2) is 0 Å². The Labute approximate surface area is 429 Å². The van der Waals surface area contributed by atoms with Crippen LogP contribution in [0.2, 0.25) is 0 Å². The molecular formula is C62H66O11. The third-order valence-corrected chi connectivity index (χ3v) is 12.9. The summed E-state index contributed by atoms with van der Waals surface area (Å²) in [7, 11) is 1.61. The molecule has 7 aromatic rings. The van der Waals surface area contributed by atoms with Gasteiger partial charge in [-0.15, -0.1) is 0 Å². The van der Waals surface area contributed by atoms with E-state index in [0.29, 0.717) is 13.2 Å². The summed E-state index contributed by atoms with van der Waals surface area (Å²) in [6, 6.07) is 70.4. The summed E-state index contributed by atoms with van der Waals surface area (Å²) < 4.78 is 75.9. The van der Waals surface area contributed by atoms with Crippen molar-refractivity contribution < 1.29 is 52.1 Å². The van der Waals surface area contributed by atoms with Crippen molar-refractivity contribution in [2.24, 2.45) is 0 Å². The quantitative estimate of drug-likeness (QED) is 0.0518. The number of hydrogen-bond donors (Lipinski definition) is 0. The fourth-order valence-corrected chi connectivity index (χ4v) is 9.15. The van der Waals surface area contributed by atoms with Crippen molar-refractivity contribution >= 4 is 0 Å². The smallest absolute Gasteiger partial charge is 0.187 e. The molecular weight excluding hydrogens is 921 g/mol. The lowest BCUT2D eigenvalue weighted by atomic mass is 9.95. The fourth-order valence-electron chi connectivity index (χ4n) is 9.15. The van der Waals surface area contributed by atoms with E-state index in [0.717, 1.165) is 38.9 Å². The van der Waals surface area contributed by atoms with Crippen LogP contribution < -0.4 is 0 Å². The summed E-state index contributed by atoms with van der Waals surface area (Å²) in [5.41, 5.74) is 6.95. The van der Waals surface area contributed by atoms with E-state index >= 15 is 0 Å². The first-order chi connectivity index (χ1) is 36.2. The lowest BCUT2D eigenvalue weighted by molar-refractivity contribution is -0.377. The lowest BCUT2D eigenvalue weighted by Crippen LogP contribution is -2.66. The second-order valence-electron chi connectivity index (χ2n) is 18.2. The Morgan fingerprint density at radius 1 is 0.288 bits per heavy atom. The minimum atomic E-state index is -1.09. The van der Waals surface area contributed by atoms with Crippen molar-refractivity contribution in [3.8, 4) is 0 Å². The molecule has 2 heterocycles. The van der Waals surface area contributed by atoms with Crippen LogP contribution in [-0.2, 0) is 98.4 Å². The van der Waals surface area contributed by atoms with Gasteiger partial charge in [-0.1, -0.05) is 212 Å². The summed E-state index contributed by atoms with van der Waals surface area (Å²) in [6.07, 6.45) is -8.16. The standard InChI is InChI=1S/C62H66O11/c1-63-61-60(70-43-52-35-21-8-22-36-52)58(56(67-40-49-29-15-5-16-30-49)54(71-61)45-65-38-47-25-11-3-12-26-47)73-62-59(69-42-51-33-19-7-20-34-51)57(68-41-50-31-17-6-18-32-50)55(66-39-48-27-13-4-14-28-48)53(72-62)44-64-37-46-23-9-2-10-24-46/h2-36,53-62H,37-45H2,1H3/t53-,54-,55-,56-,57+,58+,59-,60-,61+,62?/m1/s1. The van der Waals surface area contributed by atoms with Gasteiger partial charge in [0.25, 0.3) is 0 Å². The zero-order valence-electron chi connectivity index (χ0n) is 41.3. The van der Waals surface area contributed by atoms with Gasteiger partial charge in [0.15, 0.2) is 12.6 Å². The van der Waals surface area contributed by atoms with Crippen molar-refractivity contribution in [1.82, 2.24) is 0 Å². The van der Waals surface area contributed by atoms with E-state index in [1.165, 1.54) is 0 Å². The molecule has 380 valence electrons. The second-order valence-corrected chi connectivity index (χ2v) is 18.2. The number of rotatable bonds is 26. The highest BCUT2D eigenvalue weighted by Crippen LogP contribution is 2.37. The highest BCUT2D eigenvalue weighted by molar-refractivity contribution is 5.19. The normalized spacial score (nSPS) is 24.0. The van der Waals surface area contributed by atoms with Crippen LogP contribution in [0.1, 0.15) is 38.9 Å². The number of ether oxygens (including phenoxy) is 11. The molecule has 2 aliphatic rings. The van der Waals surface area contributed by atoms with Crippen LogP contribution in [0.4, 0.5) is 0 Å². The molecule has 7 aromatic carbocycles. The highest BCUT2D eigenvalue weighted by atomic mass is 16.8. The largest absolute Gasteiger partial charge is 0.374 e. The molecule has 11 nitrogen and oxygen atoms in total. The molecule has 10 atom stereocenters. The Morgan fingerprint density at radius 3 is 0.877 bits per heavy atom. The van der Waals surface area contributed by atoms with Crippen LogP contribution >= 0.6 is 0 Å². The van der Waals surface area contributed by atoms with Crippen LogP contribution in [0.3, 0.4) is 0 Å². The molecule has 2 aliphatic heterocycles. The van der Waals surface area contributed by atoms with Gasteiger partial charge in [0.2, 0.25) is 0 Å². The lowest BCUT2D eigenvalue weighted by Gasteiger charge is -2.50. The molecule has 1 unspecified atom stereocenters. The average molecular weight is 987 g/mol. The van der Waals surface area contributed by atoms with E-state index < -0.39 is 61.4 Å². The summed E-state index contributed by atoms with van der Waals surface area (Å²) in [5, 5.41) is 0. The minimum Gasteiger partial charge on any atom is -0.374 e. The molecule has 0 bridgehead atoms. The van der Waals surface area contributed by atoms with E-state index in [2.05, 4.69) is 0 Å². The third kappa shape index (κ3) is 15.3. The maximum absolute atomic E-state index is 7.55. The number of benzene rings is 7. The Hall–Kier alpha value is -5.90. The zero-order chi connectivity index (χ0) is 49.7. The predicted molar refractivity (Wildman–Crippen MR) is 276 cm³/mol. The van der Waals surface area contributed by atoms with Crippen molar-refractivity contribution in [2.45, 2.75) is 108 Å². The van der Waals surface area contributed by atoms with Crippen LogP contribution in [0.5, 0.6) is 0 Å². The van der Waals surface area contributed by atoms with Gasteiger partial charge in [0.05, 0.1) is 59.5 Å². The van der Waals surface area contributed by atoms with E-state index in [4.69, 9.17) is 52.1 Å². The molecule has 2 fully saturated rings. The molecule has 11 heteroatoms. The molecule has 2 saturated heterocycles. The molecule has 0 spiro atoms. The molecule has 0 aromatic heterocycles. The van der Waals surface area contributed by atoms with Crippen LogP contribution in [0.15, 0.2) is 212 Å². The Balaban J connectivity index is 1.11. The molecule has 9 rings (SSSR count). The maximum Gasteiger partial charge on any atom is 0.187 e. The van der Waals surface area contributed by atoms with Gasteiger partial charge in [0.1, 0.15) is 48.8 Å². The number of methoxy groups -OCH3 is 1. The van der Waals surface area contributed by atoms with Crippen LogP contribution in [-0.4, -0.2) is 81.7 Å². The van der Waals surface area contributed by atoms with E-state index in [1.54, 1.807) is 7.11 Å². The van der Waals surface area contributed by atoms with E-state index in [9.17, 15) is 0 Å². The summed E-state index contributed by atoms with van der Waals surface area (Å²) in [4.78, 5) is 0. The highest BCUT2D eigenvalue weighted by Gasteiger charge is 2.54. The van der Waals surface area contributed by atoms with Crippen molar-refractivity contribution in [2.75, 3.05) is 20.3 Å². The van der Waals surface area contributed by atoms with E-state index in [1.807, 2.05) is 212 Å². The summed E-state index contributed by atoms with van der Waals surface area (Å²) in [5.74, 6) is 0. The number of hydrogen-bond acceptors (Lipinski definition) is 11. The SMILES string of the molecule is CO[C@H]1O[C@H](COCc2ccccc2)[C@@H](OCc2ccccc2)[C@H](OC2O[C@H](COCc3ccccc3)[C@@H](OCc3ccccc3)[C@H](OCc3ccccc3)[C@H]2OCc2ccccc2)[C@H]1OCc1ccccc1. The van der Waals surface area contributed by atoms with Gasteiger partial charge in [-0.05, 0) is 38.9 Å². The van der Waals surface area contributed by atoms with Gasteiger partial charge >= 0.3 is 0 Å². The van der Waals surface area contributed by atoms with Gasteiger partial charge in [-0.2, -0.15) is 0 Å². The van der Waals surface area contributed by atoms with Crippen molar-refractivity contribution in [1.29, 1.82) is 0 Å². The van der Waals surface area contributed by atoms with Gasteiger partial charge in [-0.3, -0.25) is 0 Å². The molecule has 0 N–H and O–H groups in total. The average Bonchev–Trinajstić information content (AvgIpc) is 3.45. The summed E-state index contributed by atoms with van der Waals surface area (Å²) in [6.45, 7) is 2.30. The van der Waals surface area contributed by atoms with Crippen LogP contribution in [0, 0.1) is 0 Å². The fraction of sp³-hybridized carbons (Fsp3) is 0.323. The maximum atomic E-state index is 7.55. The first kappa shape index (κ1) is 52.0. The first-order valence-electron chi connectivity index (χ1n) is 25.2. The van der Waals surface area contributed by atoms with Gasteiger partial charge in [0, 0.05) is 7.11 Å². The predicted octanol–water partition coefficient (Wildman–Crippen LogP) is 10.8. The minimum absolute atomic E-state index is 0.150. The molecule has 0 amide bonds. The first-order valence-corrected chi connectivity index (χ1v) is 25.2. The topological polar surface area (TPSA) is 102 Å². The van der Waals surface area contributed by atoms with Gasteiger partial charge < -0.3 is 52.1 Å². The summed E-state index contributed by atoms with van der Waals surface area (Å²) >= 11 is 0. The van der Waals surface area contributed by atoms with Crippen molar-refractivity contribution in [3.63, 3.8) is 0 Å². The monoisotopic (exact) mass is 986 g/mol. The zero-order valence-corrected chi connectivity index (χ0v) is 41.3. The molecule has 0 saturated carbocycles.